The fraction of sp³-hybridized carbons (Fsp3) is 0.571. The number of rotatable bonds is 2. The maximum Gasteiger partial charge on any atom is 0.222 e. The van der Waals surface area contributed by atoms with Crippen LogP contribution in [0.25, 0.3) is 0 Å². The minimum atomic E-state index is 0.248. The van der Waals surface area contributed by atoms with Crippen LogP contribution >= 0.6 is 0 Å². The van der Waals surface area contributed by atoms with E-state index in [1.807, 2.05) is 4.90 Å². The summed E-state index contributed by atoms with van der Waals surface area (Å²) in [5.74, 6) is 0.248. The molecule has 0 aromatic carbocycles. The van der Waals surface area contributed by atoms with Gasteiger partial charge in [-0.2, -0.15) is 0 Å². The maximum absolute atomic E-state index is 10.9. The average Bonchev–Trinajstić information content (AvgIpc) is 2.31. The maximum atomic E-state index is 10.9. The van der Waals surface area contributed by atoms with Crippen LogP contribution in [0.2, 0.25) is 0 Å². The molecule has 3 nitrogen and oxygen atoms in total. The van der Waals surface area contributed by atoms with E-state index >= 15 is 0 Å². The van der Waals surface area contributed by atoms with Gasteiger partial charge >= 0.3 is 0 Å². The first kappa shape index (κ1) is 7.12. The Morgan fingerprint density at radius 3 is 3.00 bits per heavy atom. The summed E-state index contributed by atoms with van der Waals surface area (Å²) in [7, 11) is 0. The molecule has 1 aliphatic heterocycles. The Balaban J connectivity index is 2.33. The van der Waals surface area contributed by atoms with Crippen LogP contribution in [-0.2, 0) is 4.79 Å². The van der Waals surface area contributed by atoms with Crippen LogP contribution in [-0.4, -0.2) is 23.9 Å². The highest BCUT2D eigenvalue weighted by Crippen LogP contribution is 2.08. The first-order valence-electron chi connectivity index (χ1n) is 3.49. The van der Waals surface area contributed by atoms with Crippen molar-refractivity contribution in [1.82, 2.24) is 4.90 Å². The molecule has 0 saturated carbocycles. The normalized spacial score (nSPS) is 19.2. The zero-order valence-electron chi connectivity index (χ0n) is 5.92. The molecule has 0 bridgehead atoms. The van der Waals surface area contributed by atoms with Crippen molar-refractivity contribution in [2.45, 2.75) is 12.8 Å². The minimum absolute atomic E-state index is 0.248. The SMILES string of the molecule is NC=CCN1CCCC1=O. The van der Waals surface area contributed by atoms with Crippen molar-refractivity contribution in [2.75, 3.05) is 13.1 Å². The van der Waals surface area contributed by atoms with Crippen molar-refractivity contribution < 1.29 is 4.79 Å². The molecule has 0 spiro atoms. The van der Waals surface area contributed by atoms with E-state index < -0.39 is 0 Å². The molecule has 1 amide bonds. The number of hydrogen-bond donors (Lipinski definition) is 1. The van der Waals surface area contributed by atoms with Gasteiger partial charge < -0.3 is 10.6 Å². The number of nitrogens with zero attached hydrogens (tertiary/aromatic N) is 1. The van der Waals surface area contributed by atoms with E-state index in [-0.39, 0.29) is 5.91 Å². The predicted molar refractivity (Wildman–Crippen MR) is 39.1 cm³/mol. The Kier molecular flexibility index (Phi) is 2.31. The topological polar surface area (TPSA) is 46.3 Å². The molecule has 1 heterocycles. The van der Waals surface area contributed by atoms with Gasteiger partial charge in [0.15, 0.2) is 0 Å². The van der Waals surface area contributed by atoms with Crippen molar-refractivity contribution in [3.8, 4) is 0 Å². The summed E-state index contributed by atoms with van der Waals surface area (Å²) in [6, 6.07) is 0. The summed E-state index contributed by atoms with van der Waals surface area (Å²) in [5.41, 5.74) is 5.13. The third-order valence-electron chi connectivity index (χ3n) is 1.63. The standard InChI is InChI=1S/C7H12N2O/c8-4-2-6-9-5-1-3-7(9)10/h2,4H,1,3,5-6,8H2. The molecule has 0 unspecified atom stereocenters. The van der Waals surface area contributed by atoms with E-state index in [1.165, 1.54) is 6.20 Å². The van der Waals surface area contributed by atoms with Gasteiger partial charge in [-0.3, -0.25) is 4.79 Å². The van der Waals surface area contributed by atoms with E-state index in [1.54, 1.807) is 6.08 Å². The summed E-state index contributed by atoms with van der Waals surface area (Å²) >= 11 is 0. The fourth-order valence-electron chi connectivity index (χ4n) is 1.09. The number of nitrogens with two attached hydrogens (primary N) is 1. The fourth-order valence-corrected chi connectivity index (χ4v) is 1.09. The number of amides is 1. The Labute approximate surface area is 60.5 Å². The smallest absolute Gasteiger partial charge is 0.222 e. The number of hydrogen-bond acceptors (Lipinski definition) is 2. The molecule has 0 atom stereocenters. The third-order valence-corrected chi connectivity index (χ3v) is 1.63. The second-order valence-electron chi connectivity index (χ2n) is 2.37. The predicted octanol–water partition coefficient (Wildman–Crippen LogP) is 0.0812. The summed E-state index contributed by atoms with van der Waals surface area (Å²) < 4.78 is 0. The second-order valence-corrected chi connectivity index (χ2v) is 2.37. The molecule has 0 radical (unpaired) electrons. The lowest BCUT2D eigenvalue weighted by atomic mass is 10.4. The van der Waals surface area contributed by atoms with E-state index in [0.29, 0.717) is 13.0 Å². The molecule has 0 aromatic rings. The van der Waals surface area contributed by atoms with Gasteiger partial charge in [0.05, 0.1) is 0 Å². The molecule has 1 rings (SSSR count). The van der Waals surface area contributed by atoms with Gasteiger partial charge in [0.1, 0.15) is 0 Å². The molecule has 1 saturated heterocycles. The van der Waals surface area contributed by atoms with Crippen LogP contribution in [0.1, 0.15) is 12.8 Å². The molecule has 3 heteroatoms. The molecule has 0 aliphatic carbocycles. The largest absolute Gasteiger partial charge is 0.405 e. The highest BCUT2D eigenvalue weighted by Gasteiger charge is 2.17. The minimum Gasteiger partial charge on any atom is -0.405 e. The van der Waals surface area contributed by atoms with Crippen LogP contribution in [0.15, 0.2) is 12.3 Å². The molecule has 1 fully saturated rings. The lowest BCUT2D eigenvalue weighted by Gasteiger charge is -2.11. The van der Waals surface area contributed by atoms with Crippen LogP contribution in [0, 0.1) is 0 Å². The second kappa shape index (κ2) is 3.25. The number of carbonyl (C=O) groups is 1. The van der Waals surface area contributed by atoms with Crippen molar-refractivity contribution >= 4 is 5.91 Å². The van der Waals surface area contributed by atoms with Crippen molar-refractivity contribution in [2.24, 2.45) is 5.73 Å². The number of carbonyl (C=O) groups excluding carboxylic acids is 1. The Bertz CT molecular complexity index is 154. The van der Waals surface area contributed by atoms with Gasteiger partial charge in [0.25, 0.3) is 0 Å². The Morgan fingerprint density at radius 2 is 2.50 bits per heavy atom. The first-order chi connectivity index (χ1) is 4.84. The quantitative estimate of drug-likeness (QED) is 0.590. The lowest BCUT2D eigenvalue weighted by molar-refractivity contribution is -0.127. The molecule has 1 aliphatic rings. The van der Waals surface area contributed by atoms with Crippen molar-refractivity contribution in [3.05, 3.63) is 12.3 Å². The summed E-state index contributed by atoms with van der Waals surface area (Å²) in [4.78, 5) is 12.7. The highest BCUT2D eigenvalue weighted by atomic mass is 16.2. The molecule has 10 heavy (non-hydrogen) atoms. The Hall–Kier alpha value is -0.990. The van der Waals surface area contributed by atoms with Gasteiger partial charge in [0, 0.05) is 19.5 Å². The van der Waals surface area contributed by atoms with E-state index in [2.05, 4.69) is 0 Å². The van der Waals surface area contributed by atoms with Gasteiger partial charge in [-0.1, -0.05) is 0 Å². The average molecular weight is 140 g/mol. The van der Waals surface area contributed by atoms with E-state index in [9.17, 15) is 4.79 Å². The Morgan fingerprint density at radius 1 is 1.70 bits per heavy atom. The van der Waals surface area contributed by atoms with Crippen LogP contribution in [0.3, 0.4) is 0 Å². The van der Waals surface area contributed by atoms with Gasteiger partial charge in [-0.15, -0.1) is 0 Å². The molecule has 56 valence electrons. The number of likely N-dealkylation sites (tertiary alicyclic amines) is 1. The van der Waals surface area contributed by atoms with Crippen LogP contribution < -0.4 is 5.73 Å². The molecular weight excluding hydrogens is 128 g/mol. The zero-order valence-corrected chi connectivity index (χ0v) is 5.92. The molecular formula is C7H12N2O. The van der Waals surface area contributed by atoms with Gasteiger partial charge in [-0.05, 0) is 18.7 Å². The molecule has 0 aromatic heterocycles. The lowest BCUT2D eigenvalue weighted by Crippen LogP contribution is -2.24. The van der Waals surface area contributed by atoms with Gasteiger partial charge in [-0.25, -0.2) is 0 Å². The van der Waals surface area contributed by atoms with Gasteiger partial charge in [0.2, 0.25) is 5.91 Å². The summed E-state index contributed by atoms with van der Waals surface area (Å²) in [6.45, 7) is 1.57. The first-order valence-corrected chi connectivity index (χ1v) is 3.49. The van der Waals surface area contributed by atoms with Crippen molar-refractivity contribution in [3.63, 3.8) is 0 Å². The third kappa shape index (κ3) is 1.50. The van der Waals surface area contributed by atoms with E-state index in [4.69, 9.17) is 5.73 Å². The molecule has 2 N–H and O–H groups in total. The highest BCUT2D eigenvalue weighted by molar-refractivity contribution is 5.78. The van der Waals surface area contributed by atoms with Crippen LogP contribution in [0.4, 0.5) is 0 Å². The summed E-state index contributed by atoms with van der Waals surface area (Å²) in [6.07, 6.45) is 4.98. The zero-order chi connectivity index (χ0) is 7.40. The summed E-state index contributed by atoms with van der Waals surface area (Å²) in [5, 5.41) is 0. The van der Waals surface area contributed by atoms with Crippen molar-refractivity contribution in [1.29, 1.82) is 0 Å². The van der Waals surface area contributed by atoms with Crippen LogP contribution in [0.5, 0.6) is 0 Å². The van der Waals surface area contributed by atoms with E-state index in [0.717, 1.165) is 13.0 Å². The monoisotopic (exact) mass is 140 g/mol.